The summed E-state index contributed by atoms with van der Waals surface area (Å²) in [7, 11) is -2.83. The van der Waals surface area contributed by atoms with Crippen LogP contribution in [0.4, 0.5) is 16.0 Å². The van der Waals surface area contributed by atoms with Crippen molar-refractivity contribution in [3.05, 3.63) is 35.2 Å². The molecule has 1 aromatic carbocycles. The number of nitrogen functional groups attached to an aromatic ring is 1. The van der Waals surface area contributed by atoms with Crippen LogP contribution in [0.1, 0.15) is 0 Å². The quantitative estimate of drug-likeness (QED) is 0.651. The highest BCUT2D eigenvalue weighted by atomic mass is 35.5. The summed E-state index contributed by atoms with van der Waals surface area (Å²) in [6.07, 6.45) is 0. The molecule has 10 heteroatoms. The number of nitrogens with zero attached hydrogens (tertiary/aromatic N) is 2. The van der Waals surface area contributed by atoms with Gasteiger partial charge >= 0.3 is 0 Å². The lowest BCUT2D eigenvalue weighted by molar-refractivity contribution is 0.397. The molecule has 0 radical (unpaired) electrons. The molecule has 1 aromatic heterocycles. The van der Waals surface area contributed by atoms with Crippen LogP contribution in [-0.4, -0.2) is 25.5 Å². The molecule has 0 spiro atoms. The molecule has 0 atom stereocenters. The number of methoxy groups -OCH3 is 1. The standard InChI is InChI=1S/C11H10ClFN4O3S/c1-20-10-5-9(12)15-11(16-10)17-21(18,19)8-4-6(13)2-3-7(8)14/h2-5H,14H2,1H3,(H,15,16,17). The van der Waals surface area contributed by atoms with Gasteiger partial charge in [-0.1, -0.05) is 11.6 Å². The predicted molar refractivity (Wildman–Crippen MR) is 75.2 cm³/mol. The molecule has 112 valence electrons. The smallest absolute Gasteiger partial charge is 0.266 e. The maximum absolute atomic E-state index is 13.2. The Balaban J connectivity index is 2.42. The molecule has 7 nitrogen and oxygen atoms in total. The molecule has 0 fully saturated rings. The summed E-state index contributed by atoms with van der Waals surface area (Å²) >= 11 is 5.71. The minimum atomic E-state index is -4.16. The third kappa shape index (κ3) is 3.50. The van der Waals surface area contributed by atoms with Gasteiger partial charge in [0, 0.05) is 6.07 Å². The van der Waals surface area contributed by atoms with E-state index in [-0.39, 0.29) is 22.7 Å². The van der Waals surface area contributed by atoms with Crippen molar-refractivity contribution in [1.29, 1.82) is 0 Å². The highest BCUT2D eigenvalue weighted by Gasteiger charge is 2.20. The van der Waals surface area contributed by atoms with Gasteiger partial charge < -0.3 is 10.5 Å². The first-order chi connectivity index (χ1) is 9.81. The number of nitrogens with two attached hydrogens (primary N) is 1. The van der Waals surface area contributed by atoms with E-state index < -0.39 is 20.7 Å². The van der Waals surface area contributed by atoms with Gasteiger partial charge in [-0.25, -0.2) is 22.5 Å². The Labute approximate surface area is 125 Å². The molecular weight excluding hydrogens is 323 g/mol. The number of ether oxygens (including phenoxy) is 1. The maximum Gasteiger partial charge on any atom is 0.266 e. The number of hydrogen-bond donors (Lipinski definition) is 2. The van der Waals surface area contributed by atoms with Crippen molar-refractivity contribution < 1.29 is 17.5 Å². The van der Waals surface area contributed by atoms with Crippen molar-refractivity contribution in [3.8, 4) is 5.88 Å². The van der Waals surface area contributed by atoms with Crippen LogP contribution in [0.5, 0.6) is 5.88 Å². The number of nitrogens with one attached hydrogen (secondary N) is 1. The summed E-state index contributed by atoms with van der Waals surface area (Å²) in [4.78, 5) is 7.04. The summed E-state index contributed by atoms with van der Waals surface area (Å²) in [6.45, 7) is 0. The SMILES string of the molecule is COc1cc(Cl)nc(NS(=O)(=O)c2cc(F)ccc2N)n1. The Hall–Kier alpha value is -2.13. The normalized spacial score (nSPS) is 11.2. The lowest BCUT2D eigenvalue weighted by atomic mass is 10.3. The zero-order valence-electron chi connectivity index (χ0n) is 10.7. The van der Waals surface area contributed by atoms with Crippen LogP contribution in [0.25, 0.3) is 0 Å². The van der Waals surface area contributed by atoms with Crippen molar-refractivity contribution in [2.24, 2.45) is 0 Å². The number of hydrogen-bond acceptors (Lipinski definition) is 6. The van der Waals surface area contributed by atoms with Crippen LogP contribution in [0.2, 0.25) is 5.15 Å². The average molecular weight is 333 g/mol. The van der Waals surface area contributed by atoms with E-state index in [0.29, 0.717) is 0 Å². The van der Waals surface area contributed by atoms with E-state index in [4.69, 9.17) is 22.1 Å². The number of aromatic nitrogens is 2. The lowest BCUT2D eigenvalue weighted by Gasteiger charge is -2.10. The molecule has 0 saturated heterocycles. The van der Waals surface area contributed by atoms with Crippen molar-refractivity contribution >= 4 is 33.3 Å². The Morgan fingerprint density at radius 1 is 1.33 bits per heavy atom. The summed E-state index contributed by atoms with van der Waals surface area (Å²) in [5, 5.41) is -0.0215. The molecule has 0 saturated carbocycles. The topological polar surface area (TPSA) is 107 Å². The maximum atomic E-state index is 13.2. The van der Waals surface area contributed by atoms with E-state index in [1.54, 1.807) is 0 Å². The fourth-order valence-corrected chi connectivity index (χ4v) is 2.72. The van der Waals surface area contributed by atoms with E-state index in [9.17, 15) is 12.8 Å². The van der Waals surface area contributed by atoms with Gasteiger partial charge in [0.2, 0.25) is 11.8 Å². The monoisotopic (exact) mass is 332 g/mol. The van der Waals surface area contributed by atoms with Gasteiger partial charge in [0.15, 0.2) is 0 Å². The number of sulfonamides is 1. The molecule has 0 amide bonds. The summed E-state index contributed by atoms with van der Waals surface area (Å²) < 4.78 is 44.4. The number of halogens is 2. The summed E-state index contributed by atoms with van der Waals surface area (Å²) in [6, 6.07) is 4.28. The van der Waals surface area contributed by atoms with E-state index in [1.165, 1.54) is 13.2 Å². The van der Waals surface area contributed by atoms with Gasteiger partial charge in [0.1, 0.15) is 15.9 Å². The molecule has 0 bridgehead atoms. The van der Waals surface area contributed by atoms with Crippen molar-refractivity contribution in [3.63, 3.8) is 0 Å². The minimum absolute atomic E-state index is 0.0215. The van der Waals surface area contributed by atoms with Crippen LogP contribution < -0.4 is 15.2 Å². The second kappa shape index (κ2) is 5.70. The highest BCUT2D eigenvalue weighted by molar-refractivity contribution is 7.92. The fourth-order valence-electron chi connectivity index (χ4n) is 1.46. The summed E-state index contributed by atoms with van der Waals surface area (Å²) in [5.41, 5.74) is 5.42. The highest BCUT2D eigenvalue weighted by Crippen LogP contribution is 2.23. The van der Waals surface area contributed by atoms with Crippen molar-refractivity contribution in [2.75, 3.05) is 17.6 Å². The molecule has 0 aliphatic rings. The Bertz CT molecular complexity index is 785. The minimum Gasteiger partial charge on any atom is -0.481 e. The molecule has 0 unspecified atom stereocenters. The van der Waals surface area contributed by atoms with Gasteiger partial charge in [-0.2, -0.15) is 4.98 Å². The molecule has 2 rings (SSSR count). The largest absolute Gasteiger partial charge is 0.481 e. The van der Waals surface area contributed by atoms with Crippen molar-refractivity contribution in [2.45, 2.75) is 4.90 Å². The van der Waals surface area contributed by atoms with Crippen LogP contribution in [0.15, 0.2) is 29.2 Å². The first-order valence-electron chi connectivity index (χ1n) is 5.48. The second-order valence-electron chi connectivity index (χ2n) is 3.84. The molecule has 1 heterocycles. The Kier molecular flexibility index (Phi) is 4.14. The van der Waals surface area contributed by atoms with Gasteiger partial charge in [-0.3, -0.25) is 0 Å². The molecule has 3 N–H and O–H groups in total. The van der Waals surface area contributed by atoms with E-state index in [2.05, 4.69) is 14.7 Å². The van der Waals surface area contributed by atoms with Crippen LogP contribution in [0.3, 0.4) is 0 Å². The number of anilines is 2. The first kappa shape index (κ1) is 15.3. The lowest BCUT2D eigenvalue weighted by Crippen LogP contribution is -2.17. The van der Waals surface area contributed by atoms with Crippen LogP contribution in [0, 0.1) is 5.82 Å². The third-order valence-electron chi connectivity index (χ3n) is 2.37. The van der Waals surface area contributed by atoms with Crippen LogP contribution in [-0.2, 0) is 10.0 Å². The second-order valence-corrected chi connectivity index (χ2v) is 5.88. The van der Waals surface area contributed by atoms with Gasteiger partial charge in [0.05, 0.1) is 12.8 Å². The number of benzene rings is 1. The van der Waals surface area contributed by atoms with Crippen molar-refractivity contribution in [1.82, 2.24) is 9.97 Å². The average Bonchev–Trinajstić information content (AvgIpc) is 2.40. The predicted octanol–water partition coefficient (Wildman–Crippen LogP) is 1.66. The molecule has 0 aliphatic heterocycles. The molecule has 21 heavy (non-hydrogen) atoms. The fraction of sp³-hybridized carbons (Fsp3) is 0.0909. The zero-order valence-corrected chi connectivity index (χ0v) is 12.2. The third-order valence-corrected chi connectivity index (χ3v) is 3.95. The molecule has 0 aliphatic carbocycles. The van der Waals surface area contributed by atoms with E-state index >= 15 is 0 Å². The first-order valence-corrected chi connectivity index (χ1v) is 7.34. The number of rotatable bonds is 4. The Morgan fingerprint density at radius 3 is 2.71 bits per heavy atom. The zero-order chi connectivity index (χ0) is 15.6. The Morgan fingerprint density at radius 2 is 2.05 bits per heavy atom. The van der Waals surface area contributed by atoms with Gasteiger partial charge in [-0.05, 0) is 18.2 Å². The van der Waals surface area contributed by atoms with Gasteiger partial charge in [0.25, 0.3) is 10.0 Å². The van der Waals surface area contributed by atoms with Gasteiger partial charge in [-0.15, -0.1) is 0 Å². The van der Waals surface area contributed by atoms with E-state index in [0.717, 1.165) is 18.2 Å². The van der Waals surface area contributed by atoms with Crippen LogP contribution >= 0.6 is 11.6 Å². The summed E-state index contributed by atoms with van der Waals surface area (Å²) in [5.74, 6) is -0.989. The molecular formula is C11H10ClFN4O3S. The van der Waals surface area contributed by atoms with E-state index in [1.807, 2.05) is 0 Å². The molecule has 2 aromatic rings.